The van der Waals surface area contributed by atoms with Crippen molar-refractivity contribution < 1.29 is 14.3 Å². The van der Waals surface area contributed by atoms with Crippen molar-refractivity contribution in [3.8, 4) is 0 Å². The van der Waals surface area contributed by atoms with E-state index in [9.17, 15) is 4.39 Å². The molecule has 1 aromatic carbocycles. The number of carbonyl (C=O) groups is 1. The monoisotopic (exact) mass is 301 g/mol. The predicted octanol–water partition coefficient (Wildman–Crippen LogP) is 3.78. The summed E-state index contributed by atoms with van der Waals surface area (Å²) < 4.78 is 13.7. The van der Waals surface area contributed by atoms with Gasteiger partial charge in [-0.05, 0) is 47.5 Å². The minimum atomic E-state index is -0.833. The minimum absolute atomic E-state index is 0.213. The second-order valence-corrected chi connectivity index (χ2v) is 4.47. The zero-order valence-corrected chi connectivity index (χ0v) is 11.4. The fourth-order valence-corrected chi connectivity index (χ4v) is 2.15. The van der Waals surface area contributed by atoms with Crippen molar-refractivity contribution in [3.05, 3.63) is 33.7 Å². The van der Waals surface area contributed by atoms with Gasteiger partial charge in [-0.2, -0.15) is 0 Å². The topological polar surface area (TPSA) is 53.1 Å². The van der Waals surface area contributed by atoms with Crippen LogP contribution in [0.15, 0.2) is 16.6 Å². The van der Waals surface area contributed by atoms with Crippen LogP contribution in [-0.4, -0.2) is 16.1 Å². The Bertz CT molecular complexity index is 559. The number of aromatic amines is 1. The number of hydrogen-bond donors (Lipinski definition) is 2. The van der Waals surface area contributed by atoms with Gasteiger partial charge in [-0.3, -0.25) is 4.79 Å². The van der Waals surface area contributed by atoms with E-state index in [1.807, 2.05) is 13.8 Å². The molecule has 2 aromatic rings. The van der Waals surface area contributed by atoms with Crippen LogP contribution in [0.5, 0.6) is 0 Å². The highest BCUT2D eigenvalue weighted by Crippen LogP contribution is 2.30. The lowest BCUT2D eigenvalue weighted by molar-refractivity contribution is -0.134. The van der Waals surface area contributed by atoms with Gasteiger partial charge in [-0.1, -0.05) is 0 Å². The van der Waals surface area contributed by atoms with E-state index in [1.54, 1.807) is 6.07 Å². The van der Waals surface area contributed by atoms with Crippen LogP contribution >= 0.6 is 15.9 Å². The van der Waals surface area contributed by atoms with Crippen LogP contribution < -0.4 is 0 Å². The van der Waals surface area contributed by atoms with Crippen LogP contribution in [0, 0.1) is 19.7 Å². The van der Waals surface area contributed by atoms with Crippen molar-refractivity contribution in [1.29, 1.82) is 0 Å². The molecule has 0 spiro atoms. The van der Waals surface area contributed by atoms with Gasteiger partial charge in [0, 0.05) is 23.5 Å². The first-order valence-electron chi connectivity index (χ1n) is 4.97. The molecule has 0 amide bonds. The molecule has 1 aromatic heterocycles. The van der Waals surface area contributed by atoms with Crippen LogP contribution in [0.25, 0.3) is 10.9 Å². The molecular weight excluding hydrogens is 289 g/mol. The second-order valence-electron chi connectivity index (χ2n) is 3.68. The molecule has 92 valence electrons. The lowest BCUT2D eigenvalue weighted by Gasteiger charge is -1.97. The van der Waals surface area contributed by atoms with Gasteiger partial charge in [-0.15, -0.1) is 0 Å². The first kappa shape index (κ1) is 13.7. The molecule has 0 unspecified atom stereocenters. The Morgan fingerprint density at radius 1 is 1.41 bits per heavy atom. The van der Waals surface area contributed by atoms with Gasteiger partial charge in [-0.25, -0.2) is 4.39 Å². The zero-order valence-electron chi connectivity index (χ0n) is 9.77. The summed E-state index contributed by atoms with van der Waals surface area (Å²) >= 11 is 3.25. The Balaban J connectivity index is 0.000000317. The first-order chi connectivity index (χ1) is 7.84. The molecule has 0 saturated carbocycles. The molecule has 2 rings (SSSR count). The quantitative estimate of drug-likeness (QED) is 0.778. The summed E-state index contributed by atoms with van der Waals surface area (Å²) in [5.74, 6) is -1.05. The number of fused-ring (bicyclic) bond motifs is 1. The van der Waals surface area contributed by atoms with Crippen molar-refractivity contribution in [2.75, 3.05) is 0 Å². The van der Waals surface area contributed by atoms with Crippen molar-refractivity contribution in [2.24, 2.45) is 0 Å². The number of carboxylic acids is 1. The highest BCUT2D eigenvalue weighted by molar-refractivity contribution is 9.10. The summed E-state index contributed by atoms with van der Waals surface area (Å²) in [6.45, 7) is 5.05. The maximum absolute atomic E-state index is 13.2. The van der Waals surface area contributed by atoms with Gasteiger partial charge in [0.2, 0.25) is 0 Å². The standard InChI is InChI=1S/C10H9BrFN.C2H4O2/c1-5-6(2)13-8-4-3-7(12)10(11)9(5)8;1-2(3)4/h3-4,13H,1-2H3;1H3,(H,3,4). The van der Waals surface area contributed by atoms with Crippen LogP contribution in [0.2, 0.25) is 0 Å². The molecule has 0 atom stereocenters. The molecule has 0 saturated heterocycles. The molecule has 2 N–H and O–H groups in total. The van der Waals surface area contributed by atoms with Crippen LogP contribution in [-0.2, 0) is 4.79 Å². The molecule has 0 fully saturated rings. The van der Waals surface area contributed by atoms with E-state index in [1.165, 1.54) is 6.07 Å². The molecule has 5 heteroatoms. The van der Waals surface area contributed by atoms with Gasteiger partial charge in [0.1, 0.15) is 5.82 Å². The summed E-state index contributed by atoms with van der Waals surface area (Å²) in [4.78, 5) is 12.2. The Hall–Kier alpha value is -1.36. The van der Waals surface area contributed by atoms with E-state index >= 15 is 0 Å². The van der Waals surface area contributed by atoms with Crippen LogP contribution in [0.3, 0.4) is 0 Å². The number of aliphatic carboxylic acids is 1. The number of hydrogen-bond acceptors (Lipinski definition) is 1. The molecular formula is C12H13BrFNO2. The van der Waals surface area contributed by atoms with E-state index in [0.29, 0.717) is 4.47 Å². The van der Waals surface area contributed by atoms with Crippen molar-refractivity contribution in [2.45, 2.75) is 20.8 Å². The van der Waals surface area contributed by atoms with Crippen LogP contribution in [0.4, 0.5) is 4.39 Å². The smallest absolute Gasteiger partial charge is 0.300 e. The van der Waals surface area contributed by atoms with Crippen molar-refractivity contribution in [3.63, 3.8) is 0 Å². The molecule has 0 aliphatic heterocycles. The third kappa shape index (κ3) is 3.06. The fraction of sp³-hybridized carbons (Fsp3) is 0.250. The lowest BCUT2D eigenvalue weighted by atomic mass is 10.1. The SMILES string of the molecule is CC(=O)O.Cc1[nH]c2ccc(F)c(Br)c2c1C. The number of benzene rings is 1. The van der Waals surface area contributed by atoms with Crippen LogP contribution in [0.1, 0.15) is 18.2 Å². The minimum Gasteiger partial charge on any atom is -0.481 e. The van der Waals surface area contributed by atoms with E-state index in [2.05, 4.69) is 20.9 Å². The second kappa shape index (κ2) is 5.31. The van der Waals surface area contributed by atoms with Gasteiger partial charge in [0.25, 0.3) is 5.97 Å². The third-order valence-electron chi connectivity index (χ3n) is 2.35. The van der Waals surface area contributed by atoms with Crippen molar-refractivity contribution in [1.82, 2.24) is 4.98 Å². The molecule has 0 radical (unpaired) electrons. The number of nitrogens with one attached hydrogen (secondary N) is 1. The van der Waals surface area contributed by atoms with Gasteiger partial charge >= 0.3 is 0 Å². The van der Waals surface area contributed by atoms with Crippen molar-refractivity contribution >= 4 is 32.8 Å². The fourth-order valence-electron chi connectivity index (χ4n) is 1.50. The van der Waals surface area contributed by atoms with Gasteiger partial charge in [0.15, 0.2) is 0 Å². The number of halogens is 2. The van der Waals surface area contributed by atoms with E-state index in [-0.39, 0.29) is 5.82 Å². The van der Waals surface area contributed by atoms with E-state index in [4.69, 9.17) is 9.90 Å². The molecule has 3 nitrogen and oxygen atoms in total. The summed E-state index contributed by atoms with van der Waals surface area (Å²) in [6.07, 6.45) is 0. The molecule has 0 aliphatic rings. The number of aryl methyl sites for hydroxylation is 2. The predicted molar refractivity (Wildman–Crippen MR) is 68.7 cm³/mol. The Morgan fingerprint density at radius 2 is 1.94 bits per heavy atom. The summed E-state index contributed by atoms with van der Waals surface area (Å²) in [7, 11) is 0. The largest absolute Gasteiger partial charge is 0.481 e. The number of H-pyrrole nitrogens is 1. The Kier molecular flexibility index (Phi) is 4.28. The Labute approximate surface area is 107 Å². The molecule has 1 heterocycles. The average molecular weight is 302 g/mol. The number of rotatable bonds is 0. The van der Waals surface area contributed by atoms with E-state index in [0.717, 1.165) is 29.1 Å². The normalized spacial score (nSPS) is 9.94. The number of carboxylic acid groups (broad SMARTS) is 1. The lowest BCUT2D eigenvalue weighted by Crippen LogP contribution is -1.78. The van der Waals surface area contributed by atoms with E-state index < -0.39 is 5.97 Å². The Morgan fingerprint density at radius 3 is 2.47 bits per heavy atom. The summed E-state index contributed by atoms with van der Waals surface area (Å²) in [6, 6.07) is 3.22. The number of aromatic nitrogens is 1. The van der Waals surface area contributed by atoms with Gasteiger partial charge in [0.05, 0.1) is 4.47 Å². The molecule has 0 bridgehead atoms. The highest BCUT2D eigenvalue weighted by Gasteiger charge is 2.10. The maximum Gasteiger partial charge on any atom is 0.300 e. The molecule has 0 aliphatic carbocycles. The average Bonchev–Trinajstić information content (AvgIpc) is 2.49. The maximum atomic E-state index is 13.2. The zero-order chi connectivity index (χ0) is 13.2. The molecule has 17 heavy (non-hydrogen) atoms. The first-order valence-corrected chi connectivity index (χ1v) is 5.76. The summed E-state index contributed by atoms with van der Waals surface area (Å²) in [5, 5.41) is 8.36. The van der Waals surface area contributed by atoms with Gasteiger partial charge < -0.3 is 10.1 Å². The summed E-state index contributed by atoms with van der Waals surface area (Å²) in [5.41, 5.74) is 3.16. The third-order valence-corrected chi connectivity index (χ3v) is 3.13. The highest BCUT2D eigenvalue weighted by atomic mass is 79.9.